The van der Waals surface area contributed by atoms with E-state index in [-0.39, 0.29) is 0 Å². The van der Waals surface area contributed by atoms with E-state index in [2.05, 4.69) is 77.9 Å². The maximum atomic E-state index is 5.03. The van der Waals surface area contributed by atoms with Crippen LogP contribution < -0.4 is 0 Å². The molecule has 296 valence electrons. The van der Waals surface area contributed by atoms with Gasteiger partial charge in [0.05, 0.1) is 11.7 Å². The third-order valence-electron chi connectivity index (χ3n) is 11.0. The second kappa shape index (κ2) is 21.6. The predicted molar refractivity (Wildman–Crippen MR) is 252 cm³/mol. The fourth-order valence-corrected chi connectivity index (χ4v) is 13.6. The minimum absolute atomic E-state index is 1.07. The summed E-state index contributed by atoms with van der Waals surface area (Å²) in [6.45, 7) is 13.8. The molecular weight excluding hydrogens is 765 g/mol. The smallest absolute Gasteiger partial charge is 0.114 e. The molecule has 0 saturated heterocycles. The van der Waals surface area contributed by atoms with Gasteiger partial charge in [0.1, 0.15) is 11.0 Å². The van der Waals surface area contributed by atoms with Crippen molar-refractivity contribution in [2.75, 3.05) is 0 Å². The fourth-order valence-electron chi connectivity index (χ4n) is 8.00. The molecule has 7 heteroatoms. The Morgan fingerprint density at radius 2 is 0.727 bits per heavy atom. The molecule has 6 rings (SSSR count). The predicted octanol–water partition coefficient (Wildman–Crippen LogP) is 17.7. The lowest BCUT2D eigenvalue weighted by Gasteiger charge is -2.06. The topological polar surface area (TPSA) is 25.8 Å². The first kappa shape index (κ1) is 42.4. The Hall–Kier alpha value is -2.16. The number of aryl methyl sites for hydroxylation is 6. The van der Waals surface area contributed by atoms with Crippen LogP contribution in [0.15, 0.2) is 36.4 Å². The maximum Gasteiger partial charge on any atom is 0.114 e. The molecule has 0 aliphatic heterocycles. The van der Waals surface area contributed by atoms with Gasteiger partial charge in [0.25, 0.3) is 0 Å². The van der Waals surface area contributed by atoms with Crippen LogP contribution in [0.1, 0.15) is 162 Å². The summed E-state index contributed by atoms with van der Waals surface area (Å²) >= 11 is 9.39. The van der Waals surface area contributed by atoms with Gasteiger partial charge < -0.3 is 0 Å². The highest BCUT2D eigenvalue weighted by Crippen LogP contribution is 2.48. The second-order valence-corrected chi connectivity index (χ2v) is 20.9. The van der Waals surface area contributed by atoms with Gasteiger partial charge in [0, 0.05) is 50.1 Å². The highest BCUT2D eigenvalue weighted by atomic mass is 32.1. The number of aromatic nitrogens is 2. The van der Waals surface area contributed by atoms with Crippen molar-refractivity contribution >= 4 is 68.1 Å². The summed E-state index contributed by atoms with van der Waals surface area (Å²) in [6.07, 6.45) is 25.4. The Balaban J connectivity index is 1.37. The average Bonchev–Trinajstić information content (AvgIpc) is 4.03. The molecule has 0 N–H and O–H groups in total. The van der Waals surface area contributed by atoms with E-state index < -0.39 is 0 Å². The summed E-state index contributed by atoms with van der Waals surface area (Å²) in [5, 5.41) is 0. The van der Waals surface area contributed by atoms with Crippen LogP contribution in [0.4, 0.5) is 0 Å². The van der Waals surface area contributed by atoms with Gasteiger partial charge in [-0.2, -0.15) is 8.75 Å². The van der Waals surface area contributed by atoms with E-state index in [0.29, 0.717) is 0 Å². The van der Waals surface area contributed by atoms with Crippen LogP contribution >= 0.6 is 57.1 Å². The average molecular weight is 829 g/mol. The van der Waals surface area contributed by atoms with Crippen molar-refractivity contribution in [3.8, 4) is 40.4 Å². The van der Waals surface area contributed by atoms with Crippen LogP contribution in [0, 0.1) is 13.8 Å². The molecular formula is C48H64N2S5. The summed E-state index contributed by atoms with van der Waals surface area (Å²) in [5.41, 5.74) is 10.8. The van der Waals surface area contributed by atoms with Crippen molar-refractivity contribution in [2.24, 2.45) is 0 Å². The van der Waals surface area contributed by atoms with E-state index in [4.69, 9.17) is 8.75 Å². The Morgan fingerprint density at radius 1 is 0.400 bits per heavy atom. The summed E-state index contributed by atoms with van der Waals surface area (Å²) in [4.78, 5) is 11.6. The first-order valence-electron chi connectivity index (χ1n) is 21.7. The maximum absolute atomic E-state index is 5.03. The second-order valence-electron chi connectivity index (χ2n) is 15.7. The fraction of sp³-hybridized carbons (Fsp3) is 0.542. The number of hydrogen-bond acceptors (Lipinski definition) is 7. The monoisotopic (exact) mass is 828 g/mol. The molecule has 5 heterocycles. The molecule has 0 fully saturated rings. The highest BCUT2D eigenvalue weighted by Gasteiger charge is 2.23. The minimum atomic E-state index is 1.07. The largest absolute Gasteiger partial charge is 0.172 e. The summed E-state index contributed by atoms with van der Waals surface area (Å²) in [7, 11) is 0. The number of benzene rings is 1. The van der Waals surface area contributed by atoms with Gasteiger partial charge in [-0.1, -0.05) is 117 Å². The van der Waals surface area contributed by atoms with Crippen LogP contribution in [-0.4, -0.2) is 8.75 Å². The Bertz CT molecular complexity index is 1920. The summed E-state index contributed by atoms with van der Waals surface area (Å²) in [6, 6.07) is 14.7. The Morgan fingerprint density at radius 3 is 1.07 bits per heavy atom. The van der Waals surface area contributed by atoms with E-state index >= 15 is 0 Å². The van der Waals surface area contributed by atoms with Crippen LogP contribution in [0.3, 0.4) is 0 Å². The van der Waals surface area contributed by atoms with Crippen LogP contribution in [0.2, 0.25) is 0 Å². The highest BCUT2D eigenvalue weighted by molar-refractivity contribution is 7.25. The molecule has 0 saturated carbocycles. The van der Waals surface area contributed by atoms with Crippen LogP contribution in [-0.2, 0) is 25.7 Å². The molecule has 5 aromatic heterocycles. The molecule has 0 unspecified atom stereocenters. The van der Waals surface area contributed by atoms with E-state index in [1.54, 1.807) is 11.1 Å². The number of unbranched alkanes of at least 4 members (excludes halogenated alkanes) is 12. The van der Waals surface area contributed by atoms with Gasteiger partial charge in [0.15, 0.2) is 0 Å². The lowest BCUT2D eigenvalue weighted by atomic mass is 10.00. The lowest BCUT2D eigenvalue weighted by molar-refractivity contribution is 0.666. The Labute approximate surface area is 353 Å². The zero-order chi connectivity index (χ0) is 38.6. The Kier molecular flexibility index (Phi) is 16.6. The third kappa shape index (κ3) is 10.9. The molecule has 55 heavy (non-hydrogen) atoms. The molecule has 0 atom stereocenters. The molecule has 0 spiro atoms. The number of rotatable bonds is 24. The van der Waals surface area contributed by atoms with E-state index in [9.17, 15) is 0 Å². The molecule has 6 aromatic rings. The first-order valence-corrected chi connectivity index (χ1v) is 25.7. The lowest BCUT2D eigenvalue weighted by Crippen LogP contribution is -1.89. The SMILES string of the molecule is CCCCCCc1cc(C)sc1-c1sc(-c2ccc(-c3cc(CCCCCC)c(-c4sc(C)cc4CCCCCC)s3)c3nsnc23)cc1CCCCCC. The number of fused-ring (bicyclic) bond motifs is 1. The van der Waals surface area contributed by atoms with Crippen molar-refractivity contribution in [2.45, 2.75) is 170 Å². The van der Waals surface area contributed by atoms with Gasteiger partial charge in [-0.05, 0) is 112 Å². The number of nitrogens with zero attached hydrogens (tertiary/aromatic N) is 2. The zero-order valence-corrected chi connectivity index (χ0v) is 38.6. The minimum Gasteiger partial charge on any atom is -0.172 e. The number of thiophene rings is 4. The van der Waals surface area contributed by atoms with Gasteiger partial charge in [-0.15, -0.1) is 45.3 Å². The van der Waals surface area contributed by atoms with Crippen molar-refractivity contribution in [1.82, 2.24) is 8.75 Å². The van der Waals surface area contributed by atoms with Crippen molar-refractivity contribution in [3.05, 3.63) is 68.4 Å². The van der Waals surface area contributed by atoms with E-state index in [1.165, 1.54) is 189 Å². The molecule has 0 amide bonds. The van der Waals surface area contributed by atoms with Gasteiger partial charge in [-0.25, -0.2) is 0 Å². The summed E-state index contributed by atoms with van der Waals surface area (Å²) < 4.78 is 10.1. The quantitative estimate of drug-likeness (QED) is 0.0568. The van der Waals surface area contributed by atoms with Gasteiger partial charge in [0.2, 0.25) is 0 Å². The van der Waals surface area contributed by atoms with Crippen LogP contribution in [0.5, 0.6) is 0 Å². The summed E-state index contributed by atoms with van der Waals surface area (Å²) in [5.74, 6) is 0. The van der Waals surface area contributed by atoms with Gasteiger partial charge in [-0.3, -0.25) is 0 Å². The van der Waals surface area contributed by atoms with E-state index in [0.717, 1.165) is 23.9 Å². The standard InChI is InChI=1S/C48H64N2S5/c1-7-11-15-19-23-35-29-33(5)51-45(35)47-37(25-21-17-13-9-3)31-41(53-47)39-27-28-40(44-43(39)49-55-50-44)42-32-38(26-22-18-14-10-4)48(54-42)46-36(30-34(6)52-46)24-20-16-12-8-2/h27-32H,7-26H2,1-6H3. The third-order valence-corrected chi connectivity index (χ3v) is 16.5. The molecule has 0 radical (unpaired) electrons. The van der Waals surface area contributed by atoms with Crippen molar-refractivity contribution in [1.29, 1.82) is 0 Å². The normalized spacial score (nSPS) is 11.8. The first-order chi connectivity index (χ1) is 26.9. The molecule has 1 aromatic carbocycles. The molecule has 0 aliphatic carbocycles. The van der Waals surface area contributed by atoms with Crippen molar-refractivity contribution < 1.29 is 0 Å². The zero-order valence-electron chi connectivity index (χ0n) is 34.5. The van der Waals surface area contributed by atoms with Gasteiger partial charge >= 0.3 is 0 Å². The molecule has 2 nitrogen and oxygen atoms in total. The molecule has 0 bridgehead atoms. The van der Waals surface area contributed by atoms with E-state index in [1.807, 2.05) is 45.3 Å². The van der Waals surface area contributed by atoms with Crippen LogP contribution in [0.25, 0.3) is 51.4 Å². The van der Waals surface area contributed by atoms with Crippen molar-refractivity contribution in [3.63, 3.8) is 0 Å². The molecule has 0 aliphatic rings. The number of hydrogen-bond donors (Lipinski definition) is 0.